The summed E-state index contributed by atoms with van der Waals surface area (Å²) in [7, 11) is 0. The minimum Gasteiger partial charge on any atom is -0.356 e. The van der Waals surface area contributed by atoms with Crippen molar-refractivity contribution < 1.29 is 4.74 Å². The smallest absolute Gasteiger partial charge is 0.159 e. The second kappa shape index (κ2) is 2.42. The minimum atomic E-state index is 0.0683. The quantitative estimate of drug-likeness (QED) is 0.598. The summed E-state index contributed by atoms with van der Waals surface area (Å²) < 4.78 is 7.51. The average molecular weight is 177 g/mol. The van der Waals surface area contributed by atoms with Crippen LogP contribution in [0.1, 0.15) is 24.9 Å². The second-order valence-electron chi connectivity index (χ2n) is 3.56. The van der Waals surface area contributed by atoms with Crippen LogP contribution in [0.5, 0.6) is 0 Å². The third-order valence-corrected chi connectivity index (χ3v) is 2.84. The van der Waals surface area contributed by atoms with Crippen LogP contribution in [0.4, 0.5) is 0 Å². The molecule has 0 saturated carbocycles. The summed E-state index contributed by atoms with van der Waals surface area (Å²) in [6.07, 6.45) is 3.90. The van der Waals surface area contributed by atoms with Crippen LogP contribution in [0.2, 0.25) is 0 Å². The third kappa shape index (κ3) is 0.836. The molecule has 1 saturated heterocycles. The first-order chi connectivity index (χ1) is 6.38. The normalized spacial score (nSPS) is 31.5. The summed E-state index contributed by atoms with van der Waals surface area (Å²) in [4.78, 5) is 4.17. The van der Waals surface area contributed by atoms with E-state index in [1.165, 1.54) is 0 Å². The zero-order valence-electron chi connectivity index (χ0n) is 7.31. The Bertz CT molecular complexity index is 357. The molecule has 4 nitrogen and oxygen atoms in total. The summed E-state index contributed by atoms with van der Waals surface area (Å²) in [5.74, 6) is 1.31. The number of fused-ring (bicyclic) bond motifs is 3. The molecule has 0 radical (unpaired) electrons. The van der Waals surface area contributed by atoms with E-state index in [9.17, 15) is 0 Å². The molecule has 2 aliphatic rings. The predicted octanol–water partition coefficient (Wildman–Crippen LogP) is 1.23. The van der Waals surface area contributed by atoms with E-state index in [0.29, 0.717) is 5.92 Å². The van der Waals surface area contributed by atoms with Gasteiger partial charge in [0.05, 0.1) is 0 Å². The van der Waals surface area contributed by atoms with Crippen LogP contribution in [-0.4, -0.2) is 21.4 Å². The van der Waals surface area contributed by atoms with Crippen molar-refractivity contribution in [3.05, 3.63) is 18.7 Å². The number of ether oxygens (including phenoxy) is 1. The Balaban J connectivity index is 2.08. The Kier molecular flexibility index (Phi) is 1.35. The molecular weight excluding hydrogens is 166 g/mol. The lowest BCUT2D eigenvalue weighted by Crippen LogP contribution is -2.22. The summed E-state index contributed by atoms with van der Waals surface area (Å²) >= 11 is 0. The molecule has 3 heterocycles. The third-order valence-electron chi connectivity index (χ3n) is 2.84. The van der Waals surface area contributed by atoms with Crippen LogP contribution in [0.25, 0.3) is 5.57 Å². The first kappa shape index (κ1) is 7.26. The fraction of sp³-hybridized carbons (Fsp3) is 0.556. The molecule has 1 aromatic rings. The van der Waals surface area contributed by atoms with E-state index < -0.39 is 0 Å². The molecule has 0 unspecified atom stereocenters. The first-order valence-electron chi connectivity index (χ1n) is 4.58. The first-order valence-corrected chi connectivity index (χ1v) is 4.58. The van der Waals surface area contributed by atoms with Crippen molar-refractivity contribution in [3.8, 4) is 0 Å². The van der Waals surface area contributed by atoms with E-state index in [-0.39, 0.29) is 6.23 Å². The Labute approximate surface area is 76.2 Å². The van der Waals surface area contributed by atoms with Crippen LogP contribution in [-0.2, 0) is 4.74 Å². The van der Waals surface area contributed by atoms with Crippen molar-refractivity contribution >= 4 is 5.57 Å². The topological polar surface area (TPSA) is 39.9 Å². The zero-order chi connectivity index (χ0) is 8.84. The van der Waals surface area contributed by atoms with Crippen LogP contribution in [0.3, 0.4) is 0 Å². The van der Waals surface area contributed by atoms with E-state index in [1.807, 2.05) is 4.68 Å². The SMILES string of the molecule is C=C1c2ncnn2[C@@H]2OCCC[C@H]12. The molecule has 0 aromatic carbocycles. The van der Waals surface area contributed by atoms with E-state index in [4.69, 9.17) is 4.74 Å². The fourth-order valence-electron chi connectivity index (χ4n) is 2.19. The van der Waals surface area contributed by atoms with Gasteiger partial charge in [0.1, 0.15) is 6.33 Å². The highest BCUT2D eigenvalue weighted by molar-refractivity contribution is 5.62. The van der Waals surface area contributed by atoms with Gasteiger partial charge in [-0.3, -0.25) is 0 Å². The van der Waals surface area contributed by atoms with Crippen molar-refractivity contribution in [2.24, 2.45) is 5.92 Å². The molecule has 0 bridgehead atoms. The lowest BCUT2D eigenvalue weighted by molar-refractivity contribution is -0.0542. The maximum Gasteiger partial charge on any atom is 0.159 e. The molecule has 0 aliphatic carbocycles. The highest BCUT2D eigenvalue weighted by Crippen LogP contribution is 2.43. The maximum absolute atomic E-state index is 5.66. The fourth-order valence-corrected chi connectivity index (χ4v) is 2.19. The number of hydrogen-bond acceptors (Lipinski definition) is 3. The molecule has 0 spiro atoms. The van der Waals surface area contributed by atoms with Gasteiger partial charge in [0.2, 0.25) is 0 Å². The molecule has 2 aliphatic heterocycles. The molecule has 3 rings (SSSR count). The zero-order valence-corrected chi connectivity index (χ0v) is 7.31. The van der Waals surface area contributed by atoms with Crippen LogP contribution in [0, 0.1) is 5.92 Å². The van der Waals surface area contributed by atoms with E-state index in [1.54, 1.807) is 6.33 Å². The Morgan fingerprint density at radius 3 is 3.46 bits per heavy atom. The lowest BCUT2D eigenvalue weighted by atomic mass is 9.94. The van der Waals surface area contributed by atoms with Gasteiger partial charge in [-0.1, -0.05) is 6.58 Å². The molecule has 68 valence electrons. The molecule has 4 heteroatoms. The molecule has 1 fully saturated rings. The highest BCUT2D eigenvalue weighted by Gasteiger charge is 2.39. The van der Waals surface area contributed by atoms with Gasteiger partial charge in [-0.15, -0.1) is 0 Å². The number of hydrogen-bond donors (Lipinski definition) is 0. The van der Waals surface area contributed by atoms with Crippen LogP contribution < -0.4 is 0 Å². The van der Waals surface area contributed by atoms with Crippen LogP contribution >= 0.6 is 0 Å². The van der Waals surface area contributed by atoms with Gasteiger partial charge in [-0.05, 0) is 18.4 Å². The molecule has 1 aromatic heterocycles. The number of aromatic nitrogens is 3. The maximum atomic E-state index is 5.66. The molecule has 13 heavy (non-hydrogen) atoms. The summed E-state index contributed by atoms with van der Waals surface area (Å²) in [5.41, 5.74) is 1.09. The van der Waals surface area contributed by atoms with Crippen molar-refractivity contribution in [1.29, 1.82) is 0 Å². The second-order valence-corrected chi connectivity index (χ2v) is 3.56. The number of rotatable bonds is 0. The predicted molar refractivity (Wildman–Crippen MR) is 46.8 cm³/mol. The van der Waals surface area contributed by atoms with E-state index >= 15 is 0 Å². The van der Waals surface area contributed by atoms with Gasteiger partial charge in [0.25, 0.3) is 0 Å². The summed E-state index contributed by atoms with van der Waals surface area (Å²) in [6, 6.07) is 0. The summed E-state index contributed by atoms with van der Waals surface area (Å²) in [6.45, 7) is 4.88. The van der Waals surface area contributed by atoms with Gasteiger partial charge in [-0.25, -0.2) is 9.67 Å². The molecule has 0 N–H and O–H groups in total. The van der Waals surface area contributed by atoms with Crippen molar-refractivity contribution in [2.75, 3.05) is 6.61 Å². The standard InChI is InChI=1S/C9H11N3O/c1-6-7-3-2-4-13-9(7)12-8(6)10-5-11-12/h5,7,9H,1-4H2/t7-,9-/m1/s1. The van der Waals surface area contributed by atoms with Crippen molar-refractivity contribution in [1.82, 2.24) is 14.8 Å². The highest BCUT2D eigenvalue weighted by atomic mass is 16.5. The largest absolute Gasteiger partial charge is 0.356 e. The van der Waals surface area contributed by atoms with Crippen LogP contribution in [0.15, 0.2) is 12.9 Å². The van der Waals surface area contributed by atoms with Gasteiger partial charge < -0.3 is 4.74 Å². The molecular formula is C9H11N3O. The van der Waals surface area contributed by atoms with Crippen molar-refractivity contribution in [3.63, 3.8) is 0 Å². The molecule has 0 amide bonds. The average Bonchev–Trinajstić information content (AvgIpc) is 2.72. The lowest BCUT2D eigenvalue weighted by Gasteiger charge is -2.25. The molecule has 2 atom stereocenters. The van der Waals surface area contributed by atoms with Gasteiger partial charge in [0, 0.05) is 12.5 Å². The Morgan fingerprint density at radius 2 is 2.54 bits per heavy atom. The minimum absolute atomic E-state index is 0.0683. The van der Waals surface area contributed by atoms with Gasteiger partial charge in [0.15, 0.2) is 12.1 Å². The Hall–Kier alpha value is -1.16. The van der Waals surface area contributed by atoms with Gasteiger partial charge in [-0.2, -0.15) is 5.10 Å². The van der Waals surface area contributed by atoms with Crippen molar-refractivity contribution in [2.45, 2.75) is 19.1 Å². The number of nitrogens with zero attached hydrogens (tertiary/aromatic N) is 3. The van der Waals surface area contributed by atoms with Gasteiger partial charge >= 0.3 is 0 Å². The van der Waals surface area contributed by atoms with E-state index in [0.717, 1.165) is 30.8 Å². The monoisotopic (exact) mass is 177 g/mol. The van der Waals surface area contributed by atoms with E-state index in [2.05, 4.69) is 16.7 Å². The Morgan fingerprint density at radius 1 is 1.62 bits per heavy atom. The summed E-state index contributed by atoms with van der Waals surface area (Å²) in [5, 5.41) is 4.15.